The summed E-state index contributed by atoms with van der Waals surface area (Å²) in [4.78, 5) is 2.74. The van der Waals surface area contributed by atoms with Gasteiger partial charge in [-0.05, 0) is 36.5 Å². The molecule has 0 aliphatic heterocycles. The SMILES string of the molecule is CC(C)CN(CC(C)C)C1(CN)CC(C)CCC1C. The molecule has 19 heavy (non-hydrogen) atoms. The number of rotatable bonds is 6. The standard InChI is InChI=1S/C17H36N2/c1-13(2)10-19(11-14(3)4)17(12-18)9-15(5)7-8-16(17)6/h13-16H,7-12,18H2,1-6H3. The predicted octanol–water partition coefficient (Wildman–Crippen LogP) is 3.75. The first-order chi connectivity index (χ1) is 8.81. The van der Waals surface area contributed by atoms with E-state index in [4.69, 9.17) is 5.73 Å². The van der Waals surface area contributed by atoms with E-state index in [-0.39, 0.29) is 5.54 Å². The highest BCUT2D eigenvalue weighted by atomic mass is 15.2. The fourth-order valence-electron chi connectivity index (χ4n) is 3.88. The van der Waals surface area contributed by atoms with Crippen LogP contribution in [0.2, 0.25) is 0 Å². The third-order valence-electron chi connectivity index (χ3n) is 4.87. The van der Waals surface area contributed by atoms with Crippen LogP contribution in [0, 0.1) is 23.7 Å². The molecule has 0 amide bonds. The van der Waals surface area contributed by atoms with Crippen molar-refractivity contribution in [3.8, 4) is 0 Å². The Hall–Kier alpha value is -0.0800. The van der Waals surface area contributed by atoms with E-state index in [0.717, 1.165) is 18.4 Å². The molecule has 0 saturated heterocycles. The summed E-state index contributed by atoms with van der Waals surface area (Å²) in [7, 11) is 0. The molecule has 0 aromatic heterocycles. The number of nitrogens with two attached hydrogens (primary N) is 1. The van der Waals surface area contributed by atoms with Crippen LogP contribution in [-0.4, -0.2) is 30.1 Å². The average Bonchev–Trinajstić information content (AvgIpc) is 2.30. The summed E-state index contributed by atoms with van der Waals surface area (Å²) in [6.07, 6.45) is 4.00. The van der Waals surface area contributed by atoms with Crippen molar-refractivity contribution in [3.63, 3.8) is 0 Å². The summed E-state index contributed by atoms with van der Waals surface area (Å²) in [6, 6.07) is 0. The van der Waals surface area contributed by atoms with Gasteiger partial charge in [0.15, 0.2) is 0 Å². The molecule has 3 atom stereocenters. The van der Waals surface area contributed by atoms with Crippen LogP contribution in [-0.2, 0) is 0 Å². The zero-order valence-corrected chi connectivity index (χ0v) is 14.1. The molecule has 0 bridgehead atoms. The van der Waals surface area contributed by atoms with E-state index < -0.39 is 0 Å². The summed E-state index contributed by atoms with van der Waals surface area (Å²) in [5.41, 5.74) is 6.54. The first-order valence-corrected chi connectivity index (χ1v) is 8.27. The predicted molar refractivity (Wildman–Crippen MR) is 85.2 cm³/mol. The van der Waals surface area contributed by atoms with Crippen molar-refractivity contribution in [1.82, 2.24) is 4.90 Å². The Morgan fingerprint density at radius 3 is 2.00 bits per heavy atom. The minimum Gasteiger partial charge on any atom is -0.329 e. The highest BCUT2D eigenvalue weighted by molar-refractivity contribution is 5.00. The zero-order valence-electron chi connectivity index (χ0n) is 14.1. The van der Waals surface area contributed by atoms with Crippen molar-refractivity contribution in [2.24, 2.45) is 29.4 Å². The van der Waals surface area contributed by atoms with Crippen LogP contribution in [0.25, 0.3) is 0 Å². The first-order valence-electron chi connectivity index (χ1n) is 8.27. The summed E-state index contributed by atoms with van der Waals surface area (Å²) >= 11 is 0. The van der Waals surface area contributed by atoms with Gasteiger partial charge in [0, 0.05) is 25.2 Å². The smallest absolute Gasteiger partial charge is 0.0359 e. The molecular formula is C17H36N2. The summed E-state index contributed by atoms with van der Waals surface area (Å²) in [6.45, 7) is 17.3. The Kier molecular flexibility index (Phi) is 6.32. The maximum absolute atomic E-state index is 6.30. The van der Waals surface area contributed by atoms with Crippen LogP contribution in [0.3, 0.4) is 0 Å². The van der Waals surface area contributed by atoms with E-state index in [1.807, 2.05) is 0 Å². The number of hydrogen-bond acceptors (Lipinski definition) is 2. The third kappa shape index (κ3) is 4.19. The first kappa shape index (κ1) is 17.0. The van der Waals surface area contributed by atoms with Crippen molar-refractivity contribution < 1.29 is 0 Å². The van der Waals surface area contributed by atoms with Crippen molar-refractivity contribution in [3.05, 3.63) is 0 Å². The number of nitrogens with zero attached hydrogens (tertiary/aromatic N) is 1. The topological polar surface area (TPSA) is 29.3 Å². The Bertz CT molecular complexity index is 252. The van der Waals surface area contributed by atoms with Gasteiger partial charge in [0.2, 0.25) is 0 Å². The largest absolute Gasteiger partial charge is 0.329 e. The minimum atomic E-state index is 0.242. The molecule has 114 valence electrons. The normalized spacial score (nSPS) is 32.5. The van der Waals surface area contributed by atoms with Crippen LogP contribution < -0.4 is 5.73 Å². The van der Waals surface area contributed by atoms with Gasteiger partial charge in [-0.25, -0.2) is 0 Å². The van der Waals surface area contributed by atoms with E-state index in [1.54, 1.807) is 0 Å². The zero-order chi connectivity index (χ0) is 14.6. The molecule has 2 heteroatoms. The van der Waals surface area contributed by atoms with Gasteiger partial charge in [-0.2, -0.15) is 0 Å². The second kappa shape index (κ2) is 7.08. The molecule has 2 N–H and O–H groups in total. The average molecular weight is 268 g/mol. The second-order valence-electron chi connectivity index (χ2n) is 7.79. The van der Waals surface area contributed by atoms with Gasteiger partial charge in [-0.15, -0.1) is 0 Å². The fourth-order valence-corrected chi connectivity index (χ4v) is 3.88. The number of hydrogen-bond donors (Lipinski definition) is 1. The molecular weight excluding hydrogens is 232 g/mol. The molecule has 3 unspecified atom stereocenters. The van der Waals surface area contributed by atoms with E-state index >= 15 is 0 Å². The van der Waals surface area contributed by atoms with Gasteiger partial charge in [0.25, 0.3) is 0 Å². The maximum Gasteiger partial charge on any atom is 0.0359 e. The fraction of sp³-hybridized carbons (Fsp3) is 1.00. The molecule has 1 fully saturated rings. The van der Waals surface area contributed by atoms with Crippen molar-refractivity contribution in [2.75, 3.05) is 19.6 Å². The molecule has 0 radical (unpaired) electrons. The third-order valence-corrected chi connectivity index (χ3v) is 4.87. The molecule has 0 spiro atoms. The van der Waals surface area contributed by atoms with Crippen LogP contribution in [0.1, 0.15) is 60.8 Å². The van der Waals surface area contributed by atoms with E-state index in [1.165, 1.54) is 32.4 Å². The Balaban J connectivity index is 2.97. The lowest BCUT2D eigenvalue weighted by Crippen LogP contribution is -2.61. The van der Waals surface area contributed by atoms with E-state index in [9.17, 15) is 0 Å². The van der Waals surface area contributed by atoms with Gasteiger partial charge in [-0.1, -0.05) is 48.0 Å². The second-order valence-corrected chi connectivity index (χ2v) is 7.79. The van der Waals surface area contributed by atoms with Gasteiger partial charge in [0.1, 0.15) is 0 Å². The maximum atomic E-state index is 6.30. The Morgan fingerprint density at radius 2 is 1.58 bits per heavy atom. The highest BCUT2D eigenvalue weighted by Crippen LogP contribution is 2.41. The van der Waals surface area contributed by atoms with Crippen LogP contribution in [0.15, 0.2) is 0 Å². The molecule has 0 aromatic rings. The van der Waals surface area contributed by atoms with Crippen molar-refractivity contribution in [1.29, 1.82) is 0 Å². The molecule has 1 aliphatic rings. The highest BCUT2D eigenvalue weighted by Gasteiger charge is 2.44. The van der Waals surface area contributed by atoms with Gasteiger partial charge < -0.3 is 5.73 Å². The van der Waals surface area contributed by atoms with Crippen molar-refractivity contribution >= 4 is 0 Å². The van der Waals surface area contributed by atoms with Crippen LogP contribution in [0.4, 0.5) is 0 Å². The van der Waals surface area contributed by atoms with Crippen molar-refractivity contribution in [2.45, 2.75) is 66.3 Å². The molecule has 1 rings (SSSR count). The van der Waals surface area contributed by atoms with Crippen LogP contribution in [0.5, 0.6) is 0 Å². The molecule has 0 heterocycles. The lowest BCUT2D eigenvalue weighted by atomic mass is 9.68. The Morgan fingerprint density at radius 1 is 1.05 bits per heavy atom. The Labute approximate surface area is 121 Å². The lowest BCUT2D eigenvalue weighted by Gasteiger charge is -2.53. The summed E-state index contributed by atoms with van der Waals surface area (Å²) in [5, 5.41) is 0. The lowest BCUT2D eigenvalue weighted by molar-refractivity contribution is -0.0178. The van der Waals surface area contributed by atoms with E-state index in [0.29, 0.717) is 11.8 Å². The summed E-state index contributed by atoms with van der Waals surface area (Å²) in [5.74, 6) is 2.98. The van der Waals surface area contributed by atoms with Gasteiger partial charge in [-0.3, -0.25) is 4.90 Å². The quantitative estimate of drug-likeness (QED) is 0.795. The van der Waals surface area contributed by atoms with Gasteiger partial charge >= 0.3 is 0 Å². The van der Waals surface area contributed by atoms with Crippen LogP contribution >= 0.6 is 0 Å². The molecule has 2 nitrogen and oxygen atoms in total. The monoisotopic (exact) mass is 268 g/mol. The van der Waals surface area contributed by atoms with Gasteiger partial charge in [0.05, 0.1) is 0 Å². The molecule has 0 aromatic carbocycles. The van der Waals surface area contributed by atoms with E-state index in [2.05, 4.69) is 46.4 Å². The summed E-state index contributed by atoms with van der Waals surface area (Å²) < 4.78 is 0. The molecule has 1 aliphatic carbocycles. The molecule has 1 saturated carbocycles. The minimum absolute atomic E-state index is 0.242.